The number of urea groups is 1. The summed E-state index contributed by atoms with van der Waals surface area (Å²) in [6.45, 7) is -1.29. The van der Waals surface area contributed by atoms with Crippen molar-refractivity contribution >= 4 is 12.0 Å². The molecule has 4 N–H and O–H groups in total. The maximum absolute atomic E-state index is 12.0. The van der Waals surface area contributed by atoms with Crippen LogP contribution in [0.15, 0.2) is 0 Å². The van der Waals surface area contributed by atoms with Crippen LogP contribution in [-0.4, -0.2) is 29.6 Å². The molecule has 0 heterocycles. The van der Waals surface area contributed by atoms with Gasteiger partial charge in [0.15, 0.2) is 0 Å². The van der Waals surface area contributed by atoms with Crippen molar-refractivity contribution in [1.82, 2.24) is 5.32 Å². The van der Waals surface area contributed by atoms with Crippen molar-refractivity contribution in [1.29, 1.82) is 0 Å². The molecule has 11 heavy (non-hydrogen) atoms. The van der Waals surface area contributed by atoms with E-state index in [9.17, 15) is 18.4 Å². The molecule has 5 nitrogen and oxygen atoms in total. The highest BCUT2D eigenvalue weighted by atomic mass is 19.3. The first kappa shape index (κ1) is 9.60. The summed E-state index contributed by atoms with van der Waals surface area (Å²) in [6, 6.07) is -1.19. The van der Waals surface area contributed by atoms with Crippen LogP contribution < -0.4 is 11.1 Å². The lowest BCUT2D eigenvalue weighted by Crippen LogP contribution is -2.43. The summed E-state index contributed by atoms with van der Waals surface area (Å²) < 4.78 is 24.1. The summed E-state index contributed by atoms with van der Waals surface area (Å²) in [6.07, 6.45) is 0. The predicted octanol–water partition coefficient (Wildman–Crippen LogP) is -0.625. The van der Waals surface area contributed by atoms with Gasteiger partial charge in [0, 0.05) is 0 Å². The van der Waals surface area contributed by atoms with E-state index in [-0.39, 0.29) is 0 Å². The fourth-order valence-corrected chi connectivity index (χ4v) is 0.274. The number of primary amides is 1. The van der Waals surface area contributed by atoms with Gasteiger partial charge in [0.25, 0.3) is 0 Å². The maximum Gasteiger partial charge on any atom is 0.376 e. The van der Waals surface area contributed by atoms with Gasteiger partial charge in [0.05, 0.1) is 6.54 Å². The number of halogens is 2. The number of aliphatic carboxylic acids is 1. The summed E-state index contributed by atoms with van der Waals surface area (Å²) in [5, 5.41) is 9.29. The molecular formula is C4H6F2N2O3. The quantitative estimate of drug-likeness (QED) is 0.524. The number of carboxylic acid groups (broad SMARTS) is 1. The van der Waals surface area contributed by atoms with E-state index in [1.54, 1.807) is 0 Å². The number of nitrogens with two attached hydrogens (primary N) is 1. The van der Waals surface area contributed by atoms with Crippen LogP contribution in [0.3, 0.4) is 0 Å². The van der Waals surface area contributed by atoms with Crippen molar-refractivity contribution in [2.75, 3.05) is 6.54 Å². The normalized spacial score (nSPS) is 10.7. The smallest absolute Gasteiger partial charge is 0.376 e. The van der Waals surface area contributed by atoms with Crippen LogP contribution in [0.2, 0.25) is 0 Å². The number of amides is 2. The topological polar surface area (TPSA) is 92.4 Å². The Bertz CT molecular complexity index is 182. The van der Waals surface area contributed by atoms with Crippen molar-refractivity contribution in [3.8, 4) is 0 Å². The van der Waals surface area contributed by atoms with Crippen molar-refractivity contribution in [2.45, 2.75) is 5.92 Å². The summed E-state index contributed by atoms with van der Waals surface area (Å²) in [5.41, 5.74) is 4.42. The second kappa shape index (κ2) is 3.13. The molecule has 64 valence electrons. The molecule has 0 spiro atoms. The van der Waals surface area contributed by atoms with Gasteiger partial charge in [0.2, 0.25) is 0 Å². The molecule has 0 rings (SSSR count). The number of nitrogens with one attached hydrogen (secondary N) is 1. The standard InChI is InChI=1S/C4H6F2N2O3/c5-4(6,2(9)10)1-8-3(7)11/h1H2,(H,9,10)(H3,7,8,11). The number of rotatable bonds is 3. The van der Waals surface area contributed by atoms with Crippen molar-refractivity contribution < 1.29 is 23.5 Å². The first-order valence-electron chi connectivity index (χ1n) is 2.51. The molecule has 0 aromatic carbocycles. The zero-order valence-corrected chi connectivity index (χ0v) is 5.30. The van der Waals surface area contributed by atoms with E-state index < -0.39 is 24.5 Å². The SMILES string of the molecule is NC(=O)NCC(F)(F)C(=O)O. The number of carboxylic acids is 1. The van der Waals surface area contributed by atoms with Gasteiger partial charge < -0.3 is 16.2 Å². The van der Waals surface area contributed by atoms with E-state index in [1.165, 1.54) is 5.32 Å². The largest absolute Gasteiger partial charge is 0.477 e. The highest BCUT2D eigenvalue weighted by Crippen LogP contribution is 2.10. The highest BCUT2D eigenvalue weighted by molar-refractivity contribution is 5.77. The van der Waals surface area contributed by atoms with Crippen LogP contribution in [0.5, 0.6) is 0 Å². The number of carbonyl (C=O) groups excluding carboxylic acids is 1. The molecule has 0 unspecified atom stereocenters. The molecule has 0 aromatic heterocycles. The minimum absolute atomic E-state index is 1.19. The van der Waals surface area contributed by atoms with Gasteiger partial charge in [-0.1, -0.05) is 0 Å². The molecular weight excluding hydrogens is 162 g/mol. The van der Waals surface area contributed by atoms with Crippen molar-refractivity contribution in [2.24, 2.45) is 5.73 Å². The number of alkyl halides is 2. The second-order valence-corrected chi connectivity index (χ2v) is 1.73. The molecule has 2 amide bonds. The molecule has 0 aliphatic carbocycles. The molecule has 0 saturated heterocycles. The highest BCUT2D eigenvalue weighted by Gasteiger charge is 2.38. The summed E-state index contributed by atoms with van der Waals surface area (Å²) >= 11 is 0. The third-order valence-corrected chi connectivity index (χ3v) is 0.798. The minimum Gasteiger partial charge on any atom is -0.477 e. The zero-order chi connectivity index (χ0) is 9.07. The van der Waals surface area contributed by atoms with E-state index in [0.29, 0.717) is 0 Å². The van der Waals surface area contributed by atoms with E-state index in [4.69, 9.17) is 5.11 Å². The Hall–Kier alpha value is -1.40. The lowest BCUT2D eigenvalue weighted by Gasteiger charge is -2.09. The lowest BCUT2D eigenvalue weighted by atomic mass is 10.3. The monoisotopic (exact) mass is 168 g/mol. The molecule has 0 atom stereocenters. The predicted molar refractivity (Wildman–Crippen MR) is 30.2 cm³/mol. The molecule has 0 aromatic rings. The minimum atomic E-state index is -3.96. The van der Waals surface area contributed by atoms with E-state index in [0.717, 1.165) is 0 Å². The Kier molecular flexibility index (Phi) is 2.73. The Morgan fingerprint density at radius 2 is 2.00 bits per heavy atom. The average Bonchev–Trinajstić information content (AvgIpc) is 1.84. The van der Waals surface area contributed by atoms with E-state index in [2.05, 4.69) is 5.73 Å². The van der Waals surface area contributed by atoms with Crippen LogP contribution in [0, 0.1) is 0 Å². The third-order valence-electron chi connectivity index (χ3n) is 0.798. The van der Waals surface area contributed by atoms with Crippen LogP contribution in [0.25, 0.3) is 0 Å². The fourth-order valence-electron chi connectivity index (χ4n) is 0.274. The molecule has 0 radical (unpaired) electrons. The van der Waals surface area contributed by atoms with E-state index in [1.807, 2.05) is 0 Å². The van der Waals surface area contributed by atoms with Gasteiger partial charge in [-0.3, -0.25) is 0 Å². The molecule has 0 aliphatic heterocycles. The van der Waals surface area contributed by atoms with Crippen molar-refractivity contribution in [3.05, 3.63) is 0 Å². The molecule has 0 bridgehead atoms. The van der Waals surface area contributed by atoms with Gasteiger partial charge in [0.1, 0.15) is 0 Å². The molecule has 7 heteroatoms. The Balaban J connectivity index is 3.92. The first-order chi connectivity index (χ1) is 4.86. The summed E-state index contributed by atoms with van der Waals surface area (Å²) in [4.78, 5) is 19.5. The lowest BCUT2D eigenvalue weighted by molar-refractivity contribution is -0.163. The Morgan fingerprint density at radius 1 is 1.55 bits per heavy atom. The van der Waals surface area contributed by atoms with Gasteiger partial charge in [-0.25, -0.2) is 9.59 Å². The maximum atomic E-state index is 12.0. The molecule has 0 fully saturated rings. The van der Waals surface area contributed by atoms with Crippen molar-refractivity contribution in [3.63, 3.8) is 0 Å². The number of hydrogen-bond donors (Lipinski definition) is 3. The molecule has 0 aliphatic rings. The van der Waals surface area contributed by atoms with Crippen LogP contribution in [0.1, 0.15) is 0 Å². The van der Waals surface area contributed by atoms with Crippen LogP contribution >= 0.6 is 0 Å². The summed E-state index contributed by atoms with van der Waals surface area (Å²) in [5.74, 6) is -6.26. The molecule has 0 saturated carbocycles. The number of carbonyl (C=O) groups is 2. The average molecular weight is 168 g/mol. The van der Waals surface area contributed by atoms with Crippen LogP contribution in [-0.2, 0) is 4.79 Å². The number of hydrogen-bond acceptors (Lipinski definition) is 2. The Morgan fingerprint density at radius 3 is 2.27 bits per heavy atom. The second-order valence-electron chi connectivity index (χ2n) is 1.73. The first-order valence-corrected chi connectivity index (χ1v) is 2.51. The van der Waals surface area contributed by atoms with E-state index >= 15 is 0 Å². The fraction of sp³-hybridized carbons (Fsp3) is 0.500. The van der Waals surface area contributed by atoms with Gasteiger partial charge >= 0.3 is 17.9 Å². The van der Waals surface area contributed by atoms with Gasteiger partial charge in [-0.2, -0.15) is 8.78 Å². The Labute approximate surface area is 60.2 Å². The zero-order valence-electron chi connectivity index (χ0n) is 5.30. The van der Waals surface area contributed by atoms with Crippen LogP contribution in [0.4, 0.5) is 13.6 Å². The third kappa shape index (κ3) is 3.33. The van der Waals surface area contributed by atoms with Gasteiger partial charge in [-0.15, -0.1) is 0 Å². The van der Waals surface area contributed by atoms with Gasteiger partial charge in [-0.05, 0) is 0 Å². The summed E-state index contributed by atoms with van der Waals surface area (Å²) in [7, 11) is 0.